The third kappa shape index (κ3) is 2.81. The number of rotatable bonds is 3. The Morgan fingerprint density at radius 3 is 2.33 bits per heavy atom. The van der Waals surface area contributed by atoms with Crippen molar-refractivity contribution in [3.8, 4) is 5.75 Å². The third-order valence-electron chi connectivity index (χ3n) is 3.93. The van der Waals surface area contributed by atoms with E-state index in [1.54, 1.807) is 7.11 Å². The zero-order valence-corrected chi connectivity index (χ0v) is 12.7. The summed E-state index contributed by atoms with van der Waals surface area (Å²) in [5, 5.41) is 10.4. The Balaban J connectivity index is 1.82. The van der Waals surface area contributed by atoms with E-state index in [0.29, 0.717) is 32.2 Å². The second kappa shape index (κ2) is 5.28. The molecule has 0 unspecified atom stereocenters. The van der Waals surface area contributed by atoms with E-state index in [-0.39, 0.29) is 12.5 Å². The summed E-state index contributed by atoms with van der Waals surface area (Å²) in [6.45, 7) is 6.12. The Hall–Kier alpha value is -1.08. The smallest absolute Gasteiger partial charge is 0.494 e. The lowest BCUT2D eigenvalue weighted by molar-refractivity contribution is -0.185. The van der Waals surface area contributed by atoms with Crippen LogP contribution in [0.2, 0.25) is 0 Å². The second-order valence-electron chi connectivity index (χ2n) is 6.60. The van der Waals surface area contributed by atoms with Gasteiger partial charge in [-0.2, -0.15) is 0 Å². The van der Waals surface area contributed by atoms with E-state index in [1.807, 2.05) is 18.2 Å². The topological polar surface area (TPSA) is 57.2 Å². The van der Waals surface area contributed by atoms with E-state index < -0.39 is 5.60 Å². The molecule has 0 atom stereocenters. The molecule has 0 aliphatic carbocycles. The molecule has 0 radical (unpaired) electrons. The van der Waals surface area contributed by atoms with Crippen molar-refractivity contribution in [3.05, 3.63) is 23.8 Å². The van der Waals surface area contributed by atoms with E-state index in [9.17, 15) is 5.11 Å². The van der Waals surface area contributed by atoms with Crippen LogP contribution in [0.25, 0.3) is 0 Å². The van der Waals surface area contributed by atoms with Crippen LogP contribution in [0.15, 0.2) is 18.2 Å². The molecule has 3 rings (SSSR count). The quantitative estimate of drug-likeness (QED) is 0.830. The summed E-state index contributed by atoms with van der Waals surface area (Å²) in [5.74, 6) is 0.635. The summed E-state index contributed by atoms with van der Waals surface area (Å²) in [5.41, 5.74) is 0.741. The first kappa shape index (κ1) is 14.8. The Labute approximate surface area is 125 Å². The zero-order valence-electron chi connectivity index (χ0n) is 12.7. The fourth-order valence-electron chi connectivity index (χ4n) is 2.57. The highest BCUT2D eigenvalue weighted by atomic mass is 16.6. The Kier molecular flexibility index (Phi) is 3.73. The summed E-state index contributed by atoms with van der Waals surface area (Å²) in [7, 11) is 1.21. The molecule has 114 valence electrons. The van der Waals surface area contributed by atoms with Crippen molar-refractivity contribution in [2.75, 3.05) is 33.5 Å². The maximum absolute atomic E-state index is 10.4. The highest BCUT2D eigenvalue weighted by Gasteiger charge is 2.41. The molecular weight excluding hydrogens is 271 g/mol. The van der Waals surface area contributed by atoms with Crippen molar-refractivity contribution >= 4 is 12.6 Å². The van der Waals surface area contributed by atoms with Gasteiger partial charge in [0.2, 0.25) is 0 Å². The van der Waals surface area contributed by atoms with Crippen LogP contribution in [-0.4, -0.2) is 45.8 Å². The maximum Gasteiger partial charge on any atom is 0.494 e. The molecule has 0 aromatic heterocycles. The van der Waals surface area contributed by atoms with Crippen LogP contribution < -0.4 is 10.2 Å². The number of hydrogen-bond acceptors (Lipinski definition) is 5. The van der Waals surface area contributed by atoms with E-state index in [4.69, 9.17) is 18.8 Å². The molecule has 2 fully saturated rings. The van der Waals surface area contributed by atoms with Gasteiger partial charge in [-0.1, -0.05) is 26.0 Å². The predicted octanol–water partition coefficient (Wildman–Crippen LogP) is 0.681. The van der Waals surface area contributed by atoms with Crippen LogP contribution in [0.4, 0.5) is 0 Å². The van der Waals surface area contributed by atoms with Gasteiger partial charge in [0.25, 0.3) is 0 Å². The predicted molar refractivity (Wildman–Crippen MR) is 78.8 cm³/mol. The van der Waals surface area contributed by atoms with Gasteiger partial charge < -0.3 is 23.9 Å². The lowest BCUT2D eigenvalue weighted by atomic mass is 9.74. The van der Waals surface area contributed by atoms with Crippen molar-refractivity contribution < 1.29 is 23.9 Å². The molecule has 21 heavy (non-hydrogen) atoms. The first-order chi connectivity index (χ1) is 9.93. The molecule has 0 saturated carbocycles. The van der Waals surface area contributed by atoms with Gasteiger partial charge in [0.1, 0.15) is 11.4 Å². The highest BCUT2D eigenvalue weighted by molar-refractivity contribution is 6.61. The lowest BCUT2D eigenvalue weighted by Crippen LogP contribution is -2.49. The van der Waals surface area contributed by atoms with Crippen LogP contribution in [0.3, 0.4) is 0 Å². The first-order valence-corrected chi connectivity index (χ1v) is 7.15. The van der Waals surface area contributed by atoms with Gasteiger partial charge in [-0.3, -0.25) is 0 Å². The number of aliphatic hydroxyl groups is 1. The molecule has 6 heteroatoms. The fraction of sp³-hybridized carbons (Fsp3) is 0.600. The molecule has 1 aromatic rings. The standard InChI is InChI=1S/C15H21BO5/c1-14(2)7-20-16(21-8-14)11-4-5-12(13(6-11)18-3)15(17)9-19-10-15/h4-6,17H,7-10H2,1-3H3. The summed E-state index contributed by atoms with van der Waals surface area (Å²) in [6, 6.07) is 5.65. The highest BCUT2D eigenvalue weighted by Crippen LogP contribution is 2.35. The molecule has 1 N–H and O–H groups in total. The van der Waals surface area contributed by atoms with Gasteiger partial charge in [-0.15, -0.1) is 0 Å². The third-order valence-corrected chi connectivity index (χ3v) is 3.93. The number of hydrogen-bond donors (Lipinski definition) is 1. The molecule has 0 bridgehead atoms. The van der Waals surface area contributed by atoms with Crippen molar-refractivity contribution in [1.29, 1.82) is 0 Å². The van der Waals surface area contributed by atoms with Gasteiger partial charge in [-0.25, -0.2) is 0 Å². The monoisotopic (exact) mass is 292 g/mol. The molecule has 1 aromatic carbocycles. The Morgan fingerprint density at radius 1 is 1.14 bits per heavy atom. The molecule has 2 aliphatic rings. The molecule has 2 aliphatic heterocycles. The summed E-state index contributed by atoms with van der Waals surface area (Å²) in [6.07, 6.45) is 0. The molecule has 0 amide bonds. The van der Waals surface area contributed by atoms with E-state index in [1.165, 1.54) is 0 Å². The zero-order chi connectivity index (χ0) is 15.1. The number of benzene rings is 1. The van der Waals surface area contributed by atoms with Gasteiger partial charge in [0, 0.05) is 24.2 Å². The van der Waals surface area contributed by atoms with Crippen molar-refractivity contribution in [1.82, 2.24) is 0 Å². The summed E-state index contributed by atoms with van der Waals surface area (Å²) in [4.78, 5) is 0. The minimum absolute atomic E-state index is 0.0406. The second-order valence-corrected chi connectivity index (χ2v) is 6.60. The lowest BCUT2D eigenvalue weighted by Gasteiger charge is -2.38. The SMILES string of the molecule is COc1cc(B2OCC(C)(C)CO2)ccc1C1(O)COC1. The van der Waals surface area contributed by atoms with E-state index >= 15 is 0 Å². The largest absolute Gasteiger partial charge is 0.496 e. The van der Waals surface area contributed by atoms with Crippen molar-refractivity contribution in [2.45, 2.75) is 19.4 Å². The first-order valence-electron chi connectivity index (χ1n) is 7.15. The van der Waals surface area contributed by atoms with Gasteiger partial charge in [0.05, 0.1) is 20.3 Å². The van der Waals surface area contributed by atoms with Gasteiger partial charge >= 0.3 is 7.12 Å². The van der Waals surface area contributed by atoms with Crippen molar-refractivity contribution in [2.24, 2.45) is 5.41 Å². The molecule has 5 nitrogen and oxygen atoms in total. The van der Waals surface area contributed by atoms with Crippen LogP contribution in [0.5, 0.6) is 5.75 Å². The molecule has 2 heterocycles. The van der Waals surface area contributed by atoms with E-state index in [0.717, 1.165) is 11.0 Å². The van der Waals surface area contributed by atoms with Crippen LogP contribution >= 0.6 is 0 Å². The van der Waals surface area contributed by atoms with Crippen molar-refractivity contribution in [3.63, 3.8) is 0 Å². The van der Waals surface area contributed by atoms with Crippen LogP contribution in [-0.2, 0) is 19.6 Å². The minimum Gasteiger partial charge on any atom is -0.496 e. The van der Waals surface area contributed by atoms with Crippen LogP contribution in [0, 0.1) is 5.41 Å². The maximum atomic E-state index is 10.4. The fourth-order valence-corrected chi connectivity index (χ4v) is 2.57. The average Bonchev–Trinajstić information content (AvgIpc) is 2.44. The Morgan fingerprint density at radius 2 is 1.81 bits per heavy atom. The normalized spacial score (nSPS) is 23.5. The summed E-state index contributed by atoms with van der Waals surface area (Å²) >= 11 is 0. The van der Waals surface area contributed by atoms with Gasteiger partial charge in [-0.05, 0) is 11.5 Å². The minimum atomic E-state index is -0.944. The summed E-state index contributed by atoms with van der Waals surface area (Å²) < 4.78 is 22.1. The van der Waals surface area contributed by atoms with Crippen LogP contribution in [0.1, 0.15) is 19.4 Å². The number of methoxy groups -OCH3 is 1. The molecular formula is C15H21BO5. The van der Waals surface area contributed by atoms with E-state index in [2.05, 4.69) is 13.8 Å². The van der Waals surface area contributed by atoms with Gasteiger partial charge in [0.15, 0.2) is 0 Å². The Bertz CT molecular complexity index is 517. The number of ether oxygens (including phenoxy) is 2. The molecule has 2 saturated heterocycles. The molecule has 0 spiro atoms. The average molecular weight is 292 g/mol.